The highest BCUT2D eigenvalue weighted by Crippen LogP contribution is 2.43. The van der Waals surface area contributed by atoms with Gasteiger partial charge in [0.25, 0.3) is 0 Å². The van der Waals surface area contributed by atoms with Gasteiger partial charge in [0.1, 0.15) is 18.4 Å². The maximum absolute atomic E-state index is 11.9. The topological polar surface area (TPSA) is 135 Å². The van der Waals surface area contributed by atoms with Crippen molar-refractivity contribution in [2.75, 3.05) is 23.8 Å². The lowest BCUT2D eigenvalue weighted by molar-refractivity contribution is -0.119. The Hall–Kier alpha value is -3.68. The van der Waals surface area contributed by atoms with Crippen LogP contribution in [-0.2, 0) is 4.79 Å². The zero-order chi connectivity index (χ0) is 20.8. The summed E-state index contributed by atoms with van der Waals surface area (Å²) in [4.78, 5) is 26.9. The Morgan fingerprint density at radius 1 is 1.17 bits per heavy atom. The summed E-state index contributed by atoms with van der Waals surface area (Å²) in [5, 5.41) is 7.64. The Morgan fingerprint density at radius 2 is 2.00 bits per heavy atom. The first-order valence-electron chi connectivity index (χ1n) is 10.0. The average molecular weight is 405 g/mol. The van der Waals surface area contributed by atoms with Crippen LogP contribution in [0.1, 0.15) is 23.2 Å². The van der Waals surface area contributed by atoms with Crippen LogP contribution in [0.3, 0.4) is 0 Å². The number of carbonyl (C=O) groups is 2. The molecule has 30 heavy (non-hydrogen) atoms. The number of nitrogens with one attached hydrogen (secondary N) is 3. The molecular formula is C22H23N5O3. The number of H-pyrrole nitrogens is 1. The predicted molar refractivity (Wildman–Crippen MR) is 116 cm³/mol. The zero-order valence-corrected chi connectivity index (χ0v) is 16.3. The van der Waals surface area contributed by atoms with Crippen LogP contribution >= 0.6 is 0 Å². The molecule has 1 aromatic heterocycles. The highest BCUT2D eigenvalue weighted by molar-refractivity contribution is 6.07. The maximum atomic E-state index is 11.9. The molecule has 2 aromatic carbocycles. The molecule has 8 heteroatoms. The van der Waals surface area contributed by atoms with Crippen LogP contribution in [0.25, 0.3) is 22.2 Å². The summed E-state index contributed by atoms with van der Waals surface area (Å²) >= 11 is 0. The lowest BCUT2D eigenvalue weighted by Gasteiger charge is -2.17. The van der Waals surface area contributed by atoms with Crippen molar-refractivity contribution in [2.45, 2.75) is 18.9 Å². The molecule has 0 spiro atoms. The molecule has 0 unspecified atom stereocenters. The smallest absolute Gasteiger partial charge is 0.248 e. The Morgan fingerprint density at radius 3 is 2.73 bits per heavy atom. The number of carbonyl (C=O) groups excluding carboxylic acids is 2. The zero-order valence-electron chi connectivity index (χ0n) is 16.3. The molecule has 2 amide bonds. The number of benzene rings is 2. The van der Waals surface area contributed by atoms with Crippen molar-refractivity contribution in [2.24, 2.45) is 17.4 Å². The molecule has 1 aliphatic carbocycles. The Balaban J connectivity index is 1.62. The van der Waals surface area contributed by atoms with Crippen molar-refractivity contribution in [3.63, 3.8) is 0 Å². The third-order valence-corrected chi connectivity index (χ3v) is 5.68. The van der Waals surface area contributed by atoms with Crippen LogP contribution < -0.4 is 26.8 Å². The summed E-state index contributed by atoms with van der Waals surface area (Å²) in [5.41, 5.74) is 15.8. The molecule has 8 nitrogen and oxygen atoms in total. The number of ether oxygens (including phenoxy) is 1. The van der Waals surface area contributed by atoms with E-state index < -0.39 is 5.91 Å². The number of aromatic amines is 1. The molecule has 0 bridgehead atoms. The summed E-state index contributed by atoms with van der Waals surface area (Å²) in [6.45, 7) is 1.15. The summed E-state index contributed by atoms with van der Waals surface area (Å²) in [5.74, 6) is 0.191. The van der Waals surface area contributed by atoms with Crippen LogP contribution in [-0.4, -0.2) is 36.0 Å². The van der Waals surface area contributed by atoms with E-state index in [4.69, 9.17) is 16.2 Å². The van der Waals surface area contributed by atoms with Gasteiger partial charge in [0.05, 0.1) is 22.3 Å². The fraction of sp³-hybridized carbons (Fsp3) is 0.273. The monoisotopic (exact) mass is 405 g/mol. The normalized spacial score (nSPS) is 16.3. The van der Waals surface area contributed by atoms with E-state index >= 15 is 0 Å². The molecule has 0 radical (unpaired) electrons. The third-order valence-electron chi connectivity index (χ3n) is 5.68. The second kappa shape index (κ2) is 6.98. The molecule has 1 aliphatic heterocycles. The van der Waals surface area contributed by atoms with Gasteiger partial charge < -0.3 is 31.8 Å². The molecule has 2 heterocycles. The number of hydrogen-bond donors (Lipinski definition) is 5. The molecule has 7 N–H and O–H groups in total. The van der Waals surface area contributed by atoms with E-state index in [9.17, 15) is 9.59 Å². The van der Waals surface area contributed by atoms with Gasteiger partial charge in [0.2, 0.25) is 11.8 Å². The summed E-state index contributed by atoms with van der Waals surface area (Å²) < 4.78 is 5.98. The second-order valence-corrected chi connectivity index (χ2v) is 7.85. The molecule has 0 saturated heterocycles. The number of nitrogens with two attached hydrogens (primary N) is 2. The maximum Gasteiger partial charge on any atom is 0.248 e. The van der Waals surface area contributed by atoms with E-state index in [0.29, 0.717) is 18.7 Å². The number of primary amides is 2. The number of hydrogen-bond acceptors (Lipinski definition) is 5. The molecule has 2 aliphatic rings. The highest BCUT2D eigenvalue weighted by Gasteiger charge is 2.35. The Kier molecular flexibility index (Phi) is 4.27. The number of anilines is 2. The lowest BCUT2D eigenvalue weighted by atomic mass is 10.1. The Bertz CT molecular complexity index is 1170. The number of rotatable bonds is 6. The van der Waals surface area contributed by atoms with Gasteiger partial charge in [-0.05, 0) is 37.0 Å². The average Bonchev–Trinajstić information content (AvgIpc) is 3.52. The first-order chi connectivity index (χ1) is 14.5. The standard InChI is InChI=1S/C22H23N5O3/c23-21(28)13-3-1-2-12(8-13)18-20-17-15(27-18)9-14(10-16(17)30-7-6-25-20)26-19(22(24)29)11-4-5-11/h1-3,8-11,19,25-27H,4-7H2,(H2,23,28)(H2,24,29)/t19-/m0/s1. The van der Waals surface area contributed by atoms with Crippen LogP contribution in [0.2, 0.25) is 0 Å². The van der Waals surface area contributed by atoms with Gasteiger partial charge in [-0.3, -0.25) is 9.59 Å². The molecule has 3 aromatic rings. The fourth-order valence-corrected chi connectivity index (χ4v) is 4.08. The van der Waals surface area contributed by atoms with Crippen LogP contribution in [0.15, 0.2) is 36.4 Å². The van der Waals surface area contributed by atoms with Crippen molar-refractivity contribution >= 4 is 34.1 Å². The summed E-state index contributed by atoms with van der Waals surface area (Å²) in [6.07, 6.45) is 2.01. The summed E-state index contributed by atoms with van der Waals surface area (Å²) in [7, 11) is 0. The first-order valence-corrected chi connectivity index (χ1v) is 10.0. The quantitative estimate of drug-likeness (QED) is 0.429. The summed E-state index contributed by atoms with van der Waals surface area (Å²) in [6, 6.07) is 10.7. The SMILES string of the molecule is NC(=O)c1cccc(-c2[nH]c3cc(N[C@H](C(N)=O)C4CC4)cc4c3c2NCCO4)c1. The van der Waals surface area contributed by atoms with Crippen molar-refractivity contribution in [1.29, 1.82) is 0 Å². The van der Waals surface area contributed by atoms with E-state index in [0.717, 1.165) is 52.1 Å². The molecule has 5 rings (SSSR count). The van der Waals surface area contributed by atoms with E-state index in [2.05, 4.69) is 15.6 Å². The third kappa shape index (κ3) is 3.20. The van der Waals surface area contributed by atoms with Crippen molar-refractivity contribution in [3.8, 4) is 17.0 Å². The van der Waals surface area contributed by atoms with Gasteiger partial charge in [-0.2, -0.15) is 0 Å². The van der Waals surface area contributed by atoms with Gasteiger partial charge >= 0.3 is 0 Å². The van der Waals surface area contributed by atoms with Crippen molar-refractivity contribution in [3.05, 3.63) is 42.0 Å². The fourth-order valence-electron chi connectivity index (χ4n) is 4.08. The largest absolute Gasteiger partial charge is 0.491 e. The molecule has 1 atom stereocenters. The predicted octanol–water partition coefficient (Wildman–Crippen LogP) is 2.41. The molecule has 154 valence electrons. The number of aromatic nitrogens is 1. The van der Waals surface area contributed by atoms with Crippen LogP contribution in [0.4, 0.5) is 11.4 Å². The lowest BCUT2D eigenvalue weighted by Crippen LogP contribution is -2.37. The number of amides is 2. The molecule has 1 fully saturated rings. The van der Waals surface area contributed by atoms with E-state index in [1.54, 1.807) is 12.1 Å². The Labute approximate surface area is 173 Å². The minimum absolute atomic E-state index is 0.284. The van der Waals surface area contributed by atoms with Gasteiger partial charge in [-0.1, -0.05) is 12.1 Å². The first kappa shape index (κ1) is 18.4. The van der Waals surface area contributed by atoms with Crippen LogP contribution in [0, 0.1) is 5.92 Å². The van der Waals surface area contributed by atoms with Gasteiger partial charge in [0.15, 0.2) is 0 Å². The second-order valence-electron chi connectivity index (χ2n) is 7.85. The van der Waals surface area contributed by atoms with Crippen molar-refractivity contribution < 1.29 is 14.3 Å². The van der Waals surface area contributed by atoms with Gasteiger partial charge in [0, 0.05) is 29.4 Å². The van der Waals surface area contributed by atoms with E-state index in [1.165, 1.54) is 0 Å². The van der Waals surface area contributed by atoms with Gasteiger partial charge in [-0.15, -0.1) is 0 Å². The van der Waals surface area contributed by atoms with Crippen molar-refractivity contribution in [1.82, 2.24) is 4.98 Å². The van der Waals surface area contributed by atoms with Gasteiger partial charge in [-0.25, -0.2) is 0 Å². The minimum atomic E-state index is -0.472. The minimum Gasteiger partial charge on any atom is -0.491 e. The van der Waals surface area contributed by atoms with Crippen LogP contribution in [0.5, 0.6) is 5.75 Å². The van der Waals surface area contributed by atoms with E-state index in [-0.39, 0.29) is 17.9 Å². The molecule has 1 saturated carbocycles. The molecular weight excluding hydrogens is 382 g/mol. The highest BCUT2D eigenvalue weighted by atomic mass is 16.5. The van der Waals surface area contributed by atoms with E-state index in [1.807, 2.05) is 24.3 Å².